The molecule has 1 aromatic carbocycles. The summed E-state index contributed by atoms with van der Waals surface area (Å²) in [6.07, 6.45) is 1.57. The van der Waals surface area contributed by atoms with Crippen LogP contribution in [0.2, 0.25) is 5.02 Å². The molecule has 1 aromatic rings. The normalized spacial score (nSPS) is 15.6. The zero-order valence-corrected chi connectivity index (χ0v) is 10.3. The maximum absolute atomic E-state index is 11.8. The number of nitriles is 1. The molecule has 0 aromatic heterocycles. The lowest BCUT2D eigenvalue weighted by atomic mass is 10.0. The Morgan fingerprint density at radius 2 is 1.94 bits per heavy atom. The number of ketones is 1. The van der Waals surface area contributed by atoms with Gasteiger partial charge in [0.1, 0.15) is 0 Å². The van der Waals surface area contributed by atoms with Crippen LogP contribution in [-0.4, -0.2) is 11.7 Å². The Hall–Kier alpha value is -1.86. The van der Waals surface area contributed by atoms with Gasteiger partial charge in [0, 0.05) is 16.6 Å². The van der Waals surface area contributed by atoms with Crippen molar-refractivity contribution in [1.82, 2.24) is 0 Å². The lowest BCUT2D eigenvalue weighted by Crippen LogP contribution is -2.29. The number of carbonyl (C=O) groups excluding carboxylic acids is 2. The van der Waals surface area contributed by atoms with Gasteiger partial charge in [-0.15, -0.1) is 0 Å². The van der Waals surface area contributed by atoms with E-state index in [9.17, 15) is 9.59 Å². The van der Waals surface area contributed by atoms with E-state index in [0.717, 1.165) is 12.8 Å². The second-order valence-corrected chi connectivity index (χ2v) is 4.67. The molecule has 0 aliphatic heterocycles. The molecular formula is C13H11ClN2O2. The van der Waals surface area contributed by atoms with Crippen molar-refractivity contribution in [3.8, 4) is 6.07 Å². The van der Waals surface area contributed by atoms with Gasteiger partial charge in [-0.2, -0.15) is 5.26 Å². The van der Waals surface area contributed by atoms with E-state index in [-0.39, 0.29) is 11.7 Å². The molecule has 18 heavy (non-hydrogen) atoms. The molecule has 92 valence electrons. The molecule has 1 N–H and O–H groups in total. The molecule has 0 radical (unpaired) electrons. The van der Waals surface area contributed by atoms with E-state index in [4.69, 9.17) is 16.9 Å². The maximum Gasteiger partial charge on any atom is 0.249 e. The van der Waals surface area contributed by atoms with Crippen LogP contribution in [0.5, 0.6) is 0 Å². The van der Waals surface area contributed by atoms with E-state index in [1.807, 2.05) is 0 Å². The number of nitrogens with one attached hydrogen (secondary N) is 1. The summed E-state index contributed by atoms with van der Waals surface area (Å²) < 4.78 is 0. The Balaban J connectivity index is 2.03. The first kappa shape index (κ1) is 12.6. The van der Waals surface area contributed by atoms with Crippen molar-refractivity contribution in [1.29, 1.82) is 5.26 Å². The Bertz CT molecular complexity index is 515. The fourth-order valence-electron chi connectivity index (χ4n) is 1.60. The summed E-state index contributed by atoms with van der Waals surface area (Å²) in [6, 6.07) is 8.26. The number of nitrogens with zero attached hydrogens (tertiary/aromatic N) is 1. The molecule has 4 nitrogen and oxygen atoms in total. The van der Waals surface area contributed by atoms with Crippen LogP contribution >= 0.6 is 11.6 Å². The van der Waals surface area contributed by atoms with Gasteiger partial charge in [0.05, 0.1) is 6.07 Å². The van der Waals surface area contributed by atoms with Crippen LogP contribution in [0.1, 0.15) is 12.8 Å². The van der Waals surface area contributed by atoms with E-state index in [2.05, 4.69) is 5.32 Å². The molecule has 0 saturated heterocycles. The van der Waals surface area contributed by atoms with Gasteiger partial charge in [-0.05, 0) is 37.1 Å². The first-order valence-corrected chi connectivity index (χ1v) is 5.99. The Morgan fingerprint density at radius 1 is 1.33 bits per heavy atom. The number of carbonyl (C=O) groups is 2. The van der Waals surface area contributed by atoms with Crippen molar-refractivity contribution in [2.24, 2.45) is 11.8 Å². The molecule has 5 heteroatoms. The highest BCUT2D eigenvalue weighted by Gasteiger charge is 2.38. The lowest BCUT2D eigenvalue weighted by Gasteiger charge is -2.09. The number of rotatable bonds is 4. The molecular weight excluding hydrogens is 252 g/mol. The monoisotopic (exact) mass is 262 g/mol. The lowest BCUT2D eigenvalue weighted by molar-refractivity contribution is -0.129. The smallest absolute Gasteiger partial charge is 0.249 e. The predicted molar refractivity (Wildman–Crippen MR) is 66.9 cm³/mol. The van der Waals surface area contributed by atoms with Gasteiger partial charge in [0.25, 0.3) is 0 Å². The summed E-state index contributed by atoms with van der Waals surface area (Å²) in [7, 11) is 0. The minimum absolute atomic E-state index is 0.106. The number of hydrogen-bond acceptors (Lipinski definition) is 3. The topological polar surface area (TPSA) is 70.0 Å². The fourth-order valence-corrected chi connectivity index (χ4v) is 1.73. The molecule has 1 unspecified atom stereocenters. The van der Waals surface area contributed by atoms with Crippen LogP contribution in [0.15, 0.2) is 24.3 Å². The first-order chi connectivity index (χ1) is 8.61. The van der Waals surface area contributed by atoms with Gasteiger partial charge >= 0.3 is 0 Å². The number of amides is 1. The SMILES string of the molecule is N#CC(C(=O)Nc1ccc(Cl)cc1)C(=O)C1CC1. The van der Waals surface area contributed by atoms with Gasteiger partial charge in [0.15, 0.2) is 11.7 Å². The van der Waals surface area contributed by atoms with Crippen LogP contribution in [0.4, 0.5) is 5.69 Å². The summed E-state index contributed by atoms with van der Waals surface area (Å²) in [5.74, 6) is -2.17. The van der Waals surface area contributed by atoms with Crippen molar-refractivity contribution in [2.75, 3.05) is 5.32 Å². The third-order valence-corrected chi connectivity index (χ3v) is 3.02. The highest BCUT2D eigenvalue weighted by Crippen LogP contribution is 2.32. The molecule has 1 fully saturated rings. The van der Waals surface area contributed by atoms with Crippen LogP contribution in [-0.2, 0) is 9.59 Å². The third-order valence-electron chi connectivity index (χ3n) is 2.77. The second kappa shape index (κ2) is 5.19. The van der Waals surface area contributed by atoms with Gasteiger partial charge in [-0.1, -0.05) is 11.6 Å². The molecule has 2 rings (SSSR count). The minimum Gasteiger partial charge on any atom is -0.325 e. The highest BCUT2D eigenvalue weighted by atomic mass is 35.5. The quantitative estimate of drug-likeness (QED) is 0.847. The molecule has 0 bridgehead atoms. The number of hydrogen-bond donors (Lipinski definition) is 1. The summed E-state index contributed by atoms with van der Waals surface area (Å²) >= 11 is 5.72. The number of anilines is 1. The van der Waals surface area contributed by atoms with Crippen molar-refractivity contribution in [3.63, 3.8) is 0 Å². The Kier molecular flexibility index (Phi) is 3.63. The highest BCUT2D eigenvalue weighted by molar-refractivity contribution is 6.30. The average Bonchev–Trinajstić information content (AvgIpc) is 3.17. The number of benzene rings is 1. The minimum atomic E-state index is -1.21. The largest absolute Gasteiger partial charge is 0.325 e. The average molecular weight is 263 g/mol. The van der Waals surface area contributed by atoms with Crippen LogP contribution in [0, 0.1) is 23.2 Å². The van der Waals surface area contributed by atoms with Crippen molar-refractivity contribution in [3.05, 3.63) is 29.3 Å². The molecule has 1 atom stereocenters. The van der Waals surface area contributed by atoms with Crippen LogP contribution < -0.4 is 5.32 Å². The fraction of sp³-hybridized carbons (Fsp3) is 0.308. The summed E-state index contributed by atoms with van der Waals surface area (Å²) in [4.78, 5) is 23.5. The zero-order chi connectivity index (χ0) is 13.1. The molecule has 0 heterocycles. The molecule has 1 saturated carbocycles. The molecule has 1 amide bonds. The first-order valence-electron chi connectivity index (χ1n) is 5.61. The van der Waals surface area contributed by atoms with Gasteiger partial charge in [-0.3, -0.25) is 9.59 Å². The Labute approximate surface area is 110 Å². The van der Waals surface area contributed by atoms with E-state index >= 15 is 0 Å². The van der Waals surface area contributed by atoms with E-state index < -0.39 is 11.8 Å². The summed E-state index contributed by atoms with van der Waals surface area (Å²) in [5.41, 5.74) is 0.522. The van der Waals surface area contributed by atoms with Crippen LogP contribution in [0.3, 0.4) is 0 Å². The van der Waals surface area contributed by atoms with Crippen molar-refractivity contribution in [2.45, 2.75) is 12.8 Å². The Morgan fingerprint density at radius 3 is 2.44 bits per heavy atom. The second-order valence-electron chi connectivity index (χ2n) is 4.23. The standard InChI is InChI=1S/C13H11ClN2O2/c14-9-3-5-10(6-4-9)16-13(18)11(7-15)12(17)8-1-2-8/h3-6,8,11H,1-2H2,(H,16,18). The number of halogens is 1. The van der Waals surface area contributed by atoms with E-state index in [1.54, 1.807) is 30.3 Å². The maximum atomic E-state index is 11.8. The zero-order valence-electron chi connectivity index (χ0n) is 9.52. The van der Waals surface area contributed by atoms with Gasteiger partial charge in [0.2, 0.25) is 5.91 Å². The molecule has 1 aliphatic rings. The molecule has 1 aliphatic carbocycles. The molecule has 0 spiro atoms. The van der Waals surface area contributed by atoms with Crippen molar-refractivity contribution < 1.29 is 9.59 Å². The summed E-state index contributed by atoms with van der Waals surface area (Å²) in [6.45, 7) is 0. The number of Topliss-reactive ketones (excluding diaryl/α,β-unsaturated/α-hetero) is 1. The van der Waals surface area contributed by atoms with Gasteiger partial charge in [-0.25, -0.2) is 0 Å². The van der Waals surface area contributed by atoms with E-state index in [0.29, 0.717) is 10.7 Å². The van der Waals surface area contributed by atoms with E-state index in [1.165, 1.54) is 0 Å². The predicted octanol–water partition coefficient (Wildman–Crippen LogP) is 2.40. The van der Waals surface area contributed by atoms with Crippen LogP contribution in [0.25, 0.3) is 0 Å². The van der Waals surface area contributed by atoms with Gasteiger partial charge < -0.3 is 5.32 Å². The summed E-state index contributed by atoms with van der Waals surface area (Å²) in [5, 5.41) is 12.0. The third kappa shape index (κ3) is 2.88. The van der Waals surface area contributed by atoms with Crippen molar-refractivity contribution >= 4 is 29.0 Å².